The van der Waals surface area contributed by atoms with Gasteiger partial charge < -0.3 is 19.2 Å². The van der Waals surface area contributed by atoms with E-state index in [9.17, 15) is 9.18 Å². The minimum Gasteiger partial charge on any atom is -0.488 e. The number of hydrogen-bond donors (Lipinski definition) is 1. The molecule has 1 saturated heterocycles. The number of nitrogens with zero attached hydrogens (tertiary/aromatic N) is 1. The van der Waals surface area contributed by atoms with Crippen LogP contribution in [-0.4, -0.2) is 36.3 Å². The number of fused-ring (bicyclic) bond motifs is 1. The van der Waals surface area contributed by atoms with Crippen molar-refractivity contribution >= 4 is 28.2 Å². The Kier molecular flexibility index (Phi) is 4.61. The van der Waals surface area contributed by atoms with E-state index in [1.54, 1.807) is 42.7 Å². The Hall–Kier alpha value is -2.45. The van der Waals surface area contributed by atoms with E-state index in [1.807, 2.05) is 6.92 Å². The molecule has 0 bridgehead atoms. The molecule has 2 aromatic heterocycles. The highest BCUT2D eigenvalue weighted by atomic mass is 32.1. The van der Waals surface area contributed by atoms with Crippen LogP contribution in [0.5, 0.6) is 5.75 Å². The van der Waals surface area contributed by atoms with Crippen LogP contribution in [0.15, 0.2) is 28.8 Å². The summed E-state index contributed by atoms with van der Waals surface area (Å²) in [6, 6.07) is 5.33. The predicted octanol–water partition coefficient (Wildman–Crippen LogP) is 3.55. The van der Waals surface area contributed by atoms with Crippen molar-refractivity contribution in [2.45, 2.75) is 26.1 Å². The highest BCUT2D eigenvalue weighted by Crippen LogP contribution is 2.30. The minimum absolute atomic E-state index is 0.00738. The number of furan rings is 1. The Morgan fingerprint density at radius 2 is 2.22 bits per heavy atom. The molecule has 0 spiro atoms. The van der Waals surface area contributed by atoms with Gasteiger partial charge in [0, 0.05) is 11.6 Å². The molecule has 0 saturated carbocycles. The van der Waals surface area contributed by atoms with Crippen molar-refractivity contribution < 1.29 is 23.1 Å². The topological polar surface area (TPSA) is 73.6 Å². The molecule has 8 heteroatoms. The predicted molar refractivity (Wildman–Crippen MR) is 99.1 cm³/mol. The maximum absolute atomic E-state index is 14.1. The normalized spacial score (nSPS) is 15.5. The van der Waals surface area contributed by atoms with Gasteiger partial charge in [-0.25, -0.2) is 9.37 Å². The van der Waals surface area contributed by atoms with Crippen LogP contribution in [0.4, 0.5) is 4.39 Å². The Morgan fingerprint density at radius 1 is 1.41 bits per heavy atom. The lowest BCUT2D eigenvalue weighted by Gasteiger charge is -2.33. The standard InChI is InChI=1S/C19H19FN2O4S/c1-11-17(18(23)22-8-19(20)9-24-10-19)15-5-13(3-4-16(15)26-11)25-7-14-6-21-12(2)27-14/h3-6H,7-10H2,1-2H3,(H,22,23). The molecule has 6 nitrogen and oxygen atoms in total. The first-order chi connectivity index (χ1) is 12.9. The Morgan fingerprint density at radius 3 is 2.89 bits per heavy atom. The number of carbonyl (C=O) groups is 1. The van der Waals surface area contributed by atoms with E-state index < -0.39 is 5.67 Å². The fourth-order valence-electron chi connectivity index (χ4n) is 2.95. The van der Waals surface area contributed by atoms with Crippen molar-refractivity contribution in [1.82, 2.24) is 10.3 Å². The number of hydrogen-bond acceptors (Lipinski definition) is 6. The molecule has 27 heavy (non-hydrogen) atoms. The number of aryl methyl sites for hydroxylation is 2. The monoisotopic (exact) mass is 390 g/mol. The highest BCUT2D eigenvalue weighted by Gasteiger charge is 2.39. The van der Waals surface area contributed by atoms with E-state index in [0.717, 1.165) is 9.88 Å². The summed E-state index contributed by atoms with van der Waals surface area (Å²) in [6.45, 7) is 3.99. The maximum Gasteiger partial charge on any atom is 0.255 e. The van der Waals surface area contributed by atoms with Crippen LogP contribution in [0.25, 0.3) is 11.0 Å². The van der Waals surface area contributed by atoms with Gasteiger partial charge in [0.15, 0.2) is 5.67 Å². The first-order valence-corrected chi connectivity index (χ1v) is 9.37. The SMILES string of the molecule is Cc1ncc(COc2ccc3oc(C)c(C(=O)NCC4(F)COC4)c3c2)s1. The summed E-state index contributed by atoms with van der Waals surface area (Å²) >= 11 is 1.57. The van der Waals surface area contributed by atoms with Crippen molar-refractivity contribution in [2.75, 3.05) is 19.8 Å². The second-order valence-corrected chi connectivity index (χ2v) is 7.97. The Labute approximate surface area is 159 Å². The molecule has 1 amide bonds. The van der Waals surface area contributed by atoms with Crippen molar-refractivity contribution in [3.8, 4) is 5.75 Å². The summed E-state index contributed by atoms with van der Waals surface area (Å²) in [5.74, 6) is 0.735. The van der Waals surface area contributed by atoms with Crippen LogP contribution >= 0.6 is 11.3 Å². The lowest BCUT2D eigenvalue weighted by molar-refractivity contribution is -0.126. The molecule has 1 fully saturated rings. The molecule has 0 unspecified atom stereocenters. The minimum atomic E-state index is -1.48. The lowest BCUT2D eigenvalue weighted by Crippen LogP contribution is -2.53. The van der Waals surface area contributed by atoms with Gasteiger partial charge in [-0.3, -0.25) is 4.79 Å². The Bertz CT molecular complexity index is 993. The van der Waals surface area contributed by atoms with E-state index in [0.29, 0.717) is 34.6 Å². The van der Waals surface area contributed by atoms with Gasteiger partial charge in [0.2, 0.25) is 0 Å². The first kappa shape index (κ1) is 17.9. The number of nitrogens with one attached hydrogen (secondary N) is 1. The molecule has 1 N–H and O–H groups in total. The maximum atomic E-state index is 14.1. The molecule has 4 rings (SSSR count). The molecule has 0 radical (unpaired) electrons. The molecule has 142 valence electrons. The van der Waals surface area contributed by atoms with Gasteiger partial charge >= 0.3 is 0 Å². The highest BCUT2D eigenvalue weighted by molar-refractivity contribution is 7.11. The van der Waals surface area contributed by atoms with Gasteiger partial charge in [-0.1, -0.05) is 0 Å². The van der Waals surface area contributed by atoms with Crippen LogP contribution in [0, 0.1) is 13.8 Å². The summed E-state index contributed by atoms with van der Waals surface area (Å²) in [6.07, 6.45) is 1.79. The average Bonchev–Trinajstić information content (AvgIpc) is 3.18. The van der Waals surface area contributed by atoms with Gasteiger partial charge in [-0.15, -0.1) is 11.3 Å². The third kappa shape index (κ3) is 3.68. The van der Waals surface area contributed by atoms with Gasteiger partial charge in [-0.2, -0.15) is 0 Å². The zero-order chi connectivity index (χ0) is 19.0. The third-order valence-electron chi connectivity index (χ3n) is 4.40. The average molecular weight is 390 g/mol. The van der Waals surface area contributed by atoms with Gasteiger partial charge in [0.05, 0.1) is 35.2 Å². The van der Waals surface area contributed by atoms with Crippen molar-refractivity contribution in [3.05, 3.63) is 45.6 Å². The van der Waals surface area contributed by atoms with E-state index in [-0.39, 0.29) is 25.7 Å². The molecule has 0 atom stereocenters. The van der Waals surface area contributed by atoms with Crippen molar-refractivity contribution in [1.29, 1.82) is 0 Å². The van der Waals surface area contributed by atoms with E-state index >= 15 is 0 Å². The molecule has 1 aromatic carbocycles. The zero-order valence-corrected chi connectivity index (χ0v) is 15.8. The number of halogens is 1. The molecule has 3 heterocycles. The summed E-state index contributed by atoms with van der Waals surface area (Å²) < 4.78 is 30.4. The van der Waals surface area contributed by atoms with Crippen LogP contribution in [0.1, 0.15) is 26.0 Å². The summed E-state index contributed by atoms with van der Waals surface area (Å²) in [5.41, 5.74) is -0.502. The van der Waals surface area contributed by atoms with Crippen LogP contribution in [0.3, 0.4) is 0 Å². The first-order valence-electron chi connectivity index (χ1n) is 8.56. The molecule has 1 aliphatic rings. The molecular formula is C19H19FN2O4S. The van der Waals surface area contributed by atoms with Crippen LogP contribution < -0.4 is 10.1 Å². The van der Waals surface area contributed by atoms with E-state index in [1.165, 1.54) is 0 Å². The second kappa shape index (κ2) is 6.94. The van der Waals surface area contributed by atoms with Crippen molar-refractivity contribution in [2.24, 2.45) is 0 Å². The largest absolute Gasteiger partial charge is 0.488 e. The second-order valence-electron chi connectivity index (χ2n) is 6.65. The molecular weight excluding hydrogens is 371 g/mol. The number of aromatic nitrogens is 1. The number of carbonyl (C=O) groups excluding carboxylic acids is 1. The lowest BCUT2D eigenvalue weighted by atomic mass is 10.0. The van der Waals surface area contributed by atoms with Crippen LogP contribution in [-0.2, 0) is 11.3 Å². The molecule has 3 aromatic rings. The number of benzene rings is 1. The van der Waals surface area contributed by atoms with Crippen molar-refractivity contribution in [3.63, 3.8) is 0 Å². The number of ether oxygens (including phenoxy) is 2. The van der Waals surface area contributed by atoms with E-state index in [2.05, 4.69) is 10.3 Å². The number of thiazole rings is 1. The summed E-state index contributed by atoms with van der Waals surface area (Å²) in [5, 5.41) is 4.26. The third-order valence-corrected chi connectivity index (χ3v) is 5.29. The molecule has 0 aliphatic carbocycles. The number of alkyl halides is 1. The summed E-state index contributed by atoms with van der Waals surface area (Å²) in [4.78, 5) is 17.8. The van der Waals surface area contributed by atoms with Gasteiger partial charge in [0.25, 0.3) is 5.91 Å². The quantitative estimate of drug-likeness (QED) is 0.697. The number of rotatable bonds is 6. The van der Waals surface area contributed by atoms with E-state index in [4.69, 9.17) is 13.9 Å². The smallest absolute Gasteiger partial charge is 0.255 e. The fourth-order valence-corrected chi connectivity index (χ4v) is 3.66. The molecule has 1 aliphatic heterocycles. The number of amides is 1. The van der Waals surface area contributed by atoms with Gasteiger partial charge in [-0.05, 0) is 32.0 Å². The summed E-state index contributed by atoms with van der Waals surface area (Å²) in [7, 11) is 0. The van der Waals surface area contributed by atoms with Gasteiger partial charge in [0.1, 0.15) is 23.7 Å². The van der Waals surface area contributed by atoms with Crippen LogP contribution in [0.2, 0.25) is 0 Å². The fraction of sp³-hybridized carbons (Fsp3) is 0.368. The zero-order valence-electron chi connectivity index (χ0n) is 15.0. The Balaban J connectivity index is 1.52.